The smallest absolute Gasteiger partial charge is 0.233 e. The van der Waals surface area contributed by atoms with Crippen LogP contribution in [0.1, 0.15) is 0 Å². The second kappa shape index (κ2) is 11.3. The first-order chi connectivity index (χ1) is 19.3. The minimum Gasteiger partial charge on any atom is -0.324 e. The molecule has 0 saturated carbocycles. The summed E-state index contributed by atoms with van der Waals surface area (Å²) in [6, 6.07) is 46.9. The van der Waals surface area contributed by atoms with Crippen molar-refractivity contribution in [2.75, 3.05) is 16.0 Å². The molecule has 0 amide bonds. The highest BCUT2D eigenvalue weighted by Gasteiger charge is 2.09. The predicted molar refractivity (Wildman–Crippen MR) is 160 cm³/mol. The summed E-state index contributed by atoms with van der Waals surface area (Å²) in [7, 11) is 0. The Morgan fingerprint density at radius 2 is 0.564 bits per heavy atom. The minimum atomic E-state index is 0.432. The van der Waals surface area contributed by atoms with Crippen molar-refractivity contribution < 1.29 is 0 Å². The zero-order valence-corrected chi connectivity index (χ0v) is 21.1. The Kier molecular flexibility index (Phi) is 6.90. The van der Waals surface area contributed by atoms with Crippen LogP contribution in [0.15, 0.2) is 140 Å². The zero-order chi connectivity index (χ0) is 26.3. The summed E-state index contributed by atoms with van der Waals surface area (Å²) in [6.07, 6.45) is 0. The first kappa shape index (κ1) is 23.9. The maximum absolute atomic E-state index is 4.60. The van der Waals surface area contributed by atoms with Gasteiger partial charge in [-0.2, -0.15) is 15.0 Å². The van der Waals surface area contributed by atoms with Crippen LogP contribution in [0.4, 0.5) is 34.9 Å². The number of nitrogens with zero attached hydrogens (tertiary/aromatic N) is 3. The van der Waals surface area contributed by atoms with Gasteiger partial charge in [0.2, 0.25) is 17.8 Å². The fraction of sp³-hybridized carbons (Fsp3) is 0. The van der Waals surface area contributed by atoms with Gasteiger partial charge in [-0.05, 0) is 58.7 Å². The summed E-state index contributed by atoms with van der Waals surface area (Å²) in [5, 5.41) is 9.85. The Labute approximate surface area is 227 Å². The Morgan fingerprint density at radius 3 is 0.949 bits per heavy atom. The number of para-hydroxylation sites is 2. The van der Waals surface area contributed by atoms with E-state index in [1.165, 1.54) is 11.1 Å². The van der Waals surface area contributed by atoms with Crippen LogP contribution in [0.5, 0.6) is 0 Å². The average molecular weight is 507 g/mol. The highest BCUT2D eigenvalue weighted by molar-refractivity contribution is 5.72. The van der Waals surface area contributed by atoms with E-state index < -0.39 is 0 Å². The van der Waals surface area contributed by atoms with Crippen molar-refractivity contribution in [3.8, 4) is 22.3 Å². The topological polar surface area (TPSA) is 74.8 Å². The zero-order valence-electron chi connectivity index (χ0n) is 21.1. The van der Waals surface area contributed by atoms with Crippen LogP contribution in [0, 0.1) is 0 Å². The summed E-state index contributed by atoms with van der Waals surface area (Å²) in [5.41, 5.74) is 7.36. The molecule has 1 heterocycles. The standard InChI is InChI=1S/C33H26N6/c1-4-10-24(11-5-1)25-16-18-26(19-17-25)27-20-22-30(23-21-27)36-33-38-31(34-28-12-6-2-7-13-28)37-32(39-33)35-29-14-8-3-9-15-29/h1-23H,(H3,34,35,36,37,38,39). The number of aromatic nitrogens is 3. The van der Waals surface area contributed by atoms with Gasteiger partial charge in [0.25, 0.3) is 0 Å². The number of benzene rings is 5. The molecule has 0 unspecified atom stereocenters. The SMILES string of the molecule is c1ccc(Nc2nc(Nc3ccccc3)nc(Nc3ccc(-c4ccc(-c5ccccc5)cc4)cc3)n2)cc1. The number of anilines is 6. The van der Waals surface area contributed by atoms with E-state index in [0.717, 1.165) is 28.2 Å². The van der Waals surface area contributed by atoms with Crippen LogP contribution >= 0.6 is 0 Å². The number of rotatable bonds is 8. The molecular formula is C33H26N6. The van der Waals surface area contributed by atoms with Crippen LogP contribution in [-0.2, 0) is 0 Å². The number of nitrogens with one attached hydrogen (secondary N) is 3. The molecule has 5 aromatic carbocycles. The average Bonchev–Trinajstić information content (AvgIpc) is 2.99. The molecule has 1 aromatic heterocycles. The van der Waals surface area contributed by atoms with Crippen LogP contribution in [0.3, 0.4) is 0 Å². The molecular weight excluding hydrogens is 480 g/mol. The van der Waals surface area contributed by atoms with Crippen molar-refractivity contribution in [3.63, 3.8) is 0 Å². The van der Waals surface area contributed by atoms with Gasteiger partial charge in [-0.1, -0.05) is 103 Å². The molecule has 0 aliphatic rings. The highest BCUT2D eigenvalue weighted by atomic mass is 15.3. The van der Waals surface area contributed by atoms with Gasteiger partial charge in [-0.15, -0.1) is 0 Å². The van der Waals surface area contributed by atoms with Gasteiger partial charge in [-0.25, -0.2) is 0 Å². The summed E-state index contributed by atoms with van der Waals surface area (Å²) < 4.78 is 0. The third-order valence-corrected chi connectivity index (χ3v) is 6.16. The lowest BCUT2D eigenvalue weighted by molar-refractivity contribution is 1.06. The summed E-state index contributed by atoms with van der Waals surface area (Å²) in [4.78, 5) is 13.8. The second-order valence-electron chi connectivity index (χ2n) is 8.93. The van der Waals surface area contributed by atoms with Crippen LogP contribution < -0.4 is 16.0 Å². The maximum atomic E-state index is 4.60. The van der Waals surface area contributed by atoms with E-state index in [9.17, 15) is 0 Å². The molecule has 39 heavy (non-hydrogen) atoms. The molecule has 3 N–H and O–H groups in total. The lowest BCUT2D eigenvalue weighted by Crippen LogP contribution is -2.07. The van der Waals surface area contributed by atoms with E-state index in [1.807, 2.05) is 78.9 Å². The lowest BCUT2D eigenvalue weighted by Gasteiger charge is -2.12. The molecule has 0 spiro atoms. The molecule has 188 valence electrons. The predicted octanol–water partition coefficient (Wildman–Crippen LogP) is 8.44. The van der Waals surface area contributed by atoms with E-state index in [1.54, 1.807) is 0 Å². The molecule has 0 bridgehead atoms. The fourth-order valence-electron chi connectivity index (χ4n) is 4.21. The van der Waals surface area contributed by atoms with Gasteiger partial charge >= 0.3 is 0 Å². The van der Waals surface area contributed by atoms with E-state index in [4.69, 9.17) is 0 Å². The lowest BCUT2D eigenvalue weighted by atomic mass is 10.0. The van der Waals surface area contributed by atoms with Gasteiger partial charge < -0.3 is 16.0 Å². The maximum Gasteiger partial charge on any atom is 0.233 e. The van der Waals surface area contributed by atoms with Crippen molar-refractivity contribution in [3.05, 3.63) is 140 Å². The third-order valence-electron chi connectivity index (χ3n) is 6.16. The van der Waals surface area contributed by atoms with Gasteiger partial charge in [0.05, 0.1) is 0 Å². The van der Waals surface area contributed by atoms with Gasteiger partial charge in [0, 0.05) is 17.1 Å². The van der Waals surface area contributed by atoms with Gasteiger partial charge in [0.15, 0.2) is 0 Å². The molecule has 6 heteroatoms. The first-order valence-corrected chi connectivity index (χ1v) is 12.7. The number of hydrogen-bond donors (Lipinski definition) is 3. The van der Waals surface area contributed by atoms with Gasteiger partial charge in [-0.3, -0.25) is 0 Å². The second-order valence-corrected chi connectivity index (χ2v) is 8.93. The Morgan fingerprint density at radius 1 is 0.282 bits per heavy atom. The molecule has 0 aliphatic heterocycles. The molecule has 0 atom stereocenters. The highest BCUT2D eigenvalue weighted by Crippen LogP contribution is 2.27. The number of hydrogen-bond acceptors (Lipinski definition) is 6. The summed E-state index contributed by atoms with van der Waals surface area (Å²) in [6.45, 7) is 0. The van der Waals surface area contributed by atoms with Crippen LogP contribution in [0.2, 0.25) is 0 Å². The molecule has 0 fully saturated rings. The fourth-order valence-corrected chi connectivity index (χ4v) is 4.21. The molecule has 0 radical (unpaired) electrons. The quantitative estimate of drug-likeness (QED) is 0.192. The summed E-state index contributed by atoms with van der Waals surface area (Å²) >= 11 is 0. The molecule has 0 saturated heterocycles. The van der Waals surface area contributed by atoms with Crippen molar-refractivity contribution >= 4 is 34.9 Å². The molecule has 6 aromatic rings. The molecule has 6 nitrogen and oxygen atoms in total. The Balaban J connectivity index is 1.22. The van der Waals surface area contributed by atoms with Gasteiger partial charge in [0.1, 0.15) is 0 Å². The largest absolute Gasteiger partial charge is 0.324 e. The summed E-state index contributed by atoms with van der Waals surface area (Å²) in [5.74, 6) is 1.31. The van der Waals surface area contributed by atoms with Crippen molar-refractivity contribution in [2.45, 2.75) is 0 Å². The van der Waals surface area contributed by atoms with Crippen molar-refractivity contribution in [2.24, 2.45) is 0 Å². The van der Waals surface area contributed by atoms with E-state index in [-0.39, 0.29) is 0 Å². The van der Waals surface area contributed by atoms with Crippen LogP contribution in [0.25, 0.3) is 22.3 Å². The van der Waals surface area contributed by atoms with E-state index >= 15 is 0 Å². The van der Waals surface area contributed by atoms with E-state index in [0.29, 0.717) is 17.8 Å². The first-order valence-electron chi connectivity index (χ1n) is 12.7. The normalized spacial score (nSPS) is 10.6. The third kappa shape index (κ3) is 6.09. The Bertz CT molecular complexity index is 1580. The monoisotopic (exact) mass is 506 g/mol. The van der Waals surface area contributed by atoms with Crippen molar-refractivity contribution in [1.29, 1.82) is 0 Å². The molecule has 0 aliphatic carbocycles. The molecule has 6 rings (SSSR count). The minimum absolute atomic E-state index is 0.432. The van der Waals surface area contributed by atoms with Crippen LogP contribution in [-0.4, -0.2) is 15.0 Å². The van der Waals surface area contributed by atoms with Crippen molar-refractivity contribution in [1.82, 2.24) is 15.0 Å². The Hall–Kier alpha value is -5.49. The van der Waals surface area contributed by atoms with E-state index in [2.05, 4.69) is 91.6 Å².